The van der Waals surface area contributed by atoms with E-state index in [0.717, 1.165) is 22.8 Å². The number of nitrogens with one attached hydrogen (secondary N) is 1. The minimum Gasteiger partial charge on any atom is -0.380 e. The number of hydrogen-bond acceptors (Lipinski definition) is 1. The summed E-state index contributed by atoms with van der Waals surface area (Å²) in [4.78, 5) is 0. The molecule has 2 rings (SSSR count). The van der Waals surface area contributed by atoms with Crippen LogP contribution in [0.4, 0.5) is 18.9 Å². The third-order valence-electron chi connectivity index (χ3n) is 3.47. The average molecular weight is 314 g/mol. The van der Waals surface area contributed by atoms with Crippen molar-refractivity contribution < 1.29 is 13.2 Å². The Morgan fingerprint density at radius 3 is 2.48 bits per heavy atom. The van der Waals surface area contributed by atoms with Gasteiger partial charge in [0, 0.05) is 17.3 Å². The van der Waals surface area contributed by atoms with E-state index in [0.29, 0.717) is 6.54 Å². The first kappa shape index (κ1) is 15.7. The number of rotatable bonds is 3. The fourth-order valence-electron chi connectivity index (χ4n) is 2.10. The Hall–Kier alpha value is -1.68. The SMILES string of the molecule is Cc1cccc(CNc2ccc(Cl)cc2C(F)(F)F)c1C. The Morgan fingerprint density at radius 2 is 1.81 bits per heavy atom. The minimum absolute atomic E-state index is 0.0350. The van der Waals surface area contributed by atoms with Gasteiger partial charge in [-0.2, -0.15) is 13.2 Å². The molecule has 0 heterocycles. The zero-order valence-corrected chi connectivity index (χ0v) is 12.4. The molecule has 0 aliphatic heterocycles. The minimum atomic E-state index is -4.44. The standard InChI is InChI=1S/C16H15ClF3N/c1-10-4-3-5-12(11(10)2)9-21-15-7-6-13(17)8-14(15)16(18,19)20/h3-8,21H,9H2,1-2H3. The first-order valence-corrected chi connectivity index (χ1v) is 6.82. The Morgan fingerprint density at radius 1 is 1.10 bits per heavy atom. The molecular weight excluding hydrogens is 299 g/mol. The van der Waals surface area contributed by atoms with Gasteiger partial charge in [-0.05, 0) is 48.7 Å². The number of anilines is 1. The summed E-state index contributed by atoms with van der Waals surface area (Å²) in [5.74, 6) is 0. The largest absolute Gasteiger partial charge is 0.418 e. The summed E-state index contributed by atoms with van der Waals surface area (Å²) in [5, 5.41) is 2.92. The zero-order chi connectivity index (χ0) is 15.6. The summed E-state index contributed by atoms with van der Waals surface area (Å²) < 4.78 is 39.0. The summed E-state index contributed by atoms with van der Waals surface area (Å²) in [6.45, 7) is 4.26. The molecule has 21 heavy (non-hydrogen) atoms. The quantitative estimate of drug-likeness (QED) is 0.779. The van der Waals surface area contributed by atoms with Crippen LogP contribution in [0.2, 0.25) is 5.02 Å². The van der Waals surface area contributed by atoms with Crippen LogP contribution >= 0.6 is 11.6 Å². The highest BCUT2D eigenvalue weighted by Crippen LogP contribution is 2.36. The average Bonchev–Trinajstić information content (AvgIpc) is 2.40. The van der Waals surface area contributed by atoms with Crippen LogP contribution in [-0.4, -0.2) is 0 Å². The number of alkyl halides is 3. The Balaban J connectivity index is 2.26. The normalized spacial score (nSPS) is 11.5. The third kappa shape index (κ3) is 3.70. The molecule has 0 bridgehead atoms. The van der Waals surface area contributed by atoms with Crippen molar-refractivity contribution >= 4 is 17.3 Å². The third-order valence-corrected chi connectivity index (χ3v) is 3.71. The molecule has 0 aromatic heterocycles. The van der Waals surface area contributed by atoms with Crippen molar-refractivity contribution in [1.82, 2.24) is 0 Å². The van der Waals surface area contributed by atoms with Crippen LogP contribution in [-0.2, 0) is 12.7 Å². The van der Waals surface area contributed by atoms with Crippen LogP contribution < -0.4 is 5.32 Å². The summed E-state index contributed by atoms with van der Waals surface area (Å²) in [7, 11) is 0. The first-order valence-electron chi connectivity index (χ1n) is 6.45. The van der Waals surface area contributed by atoms with E-state index < -0.39 is 11.7 Å². The highest BCUT2D eigenvalue weighted by Gasteiger charge is 2.33. The highest BCUT2D eigenvalue weighted by atomic mass is 35.5. The second kappa shape index (κ2) is 5.98. The zero-order valence-electron chi connectivity index (χ0n) is 11.7. The van der Waals surface area contributed by atoms with Gasteiger partial charge in [0.2, 0.25) is 0 Å². The molecule has 5 heteroatoms. The van der Waals surface area contributed by atoms with E-state index in [1.807, 2.05) is 32.0 Å². The van der Waals surface area contributed by atoms with Crippen molar-refractivity contribution in [2.75, 3.05) is 5.32 Å². The van der Waals surface area contributed by atoms with Gasteiger partial charge in [-0.1, -0.05) is 29.8 Å². The van der Waals surface area contributed by atoms with Gasteiger partial charge in [0.1, 0.15) is 0 Å². The fourth-order valence-corrected chi connectivity index (χ4v) is 2.27. The summed E-state index contributed by atoms with van der Waals surface area (Å²) >= 11 is 5.66. The molecular formula is C16H15ClF3N. The summed E-state index contributed by atoms with van der Waals surface area (Å²) in [5.41, 5.74) is 2.44. The van der Waals surface area contributed by atoms with E-state index in [2.05, 4.69) is 5.32 Å². The molecule has 1 N–H and O–H groups in total. The second-order valence-electron chi connectivity index (χ2n) is 4.90. The van der Waals surface area contributed by atoms with E-state index >= 15 is 0 Å². The van der Waals surface area contributed by atoms with E-state index in [9.17, 15) is 13.2 Å². The predicted octanol–water partition coefficient (Wildman–Crippen LogP) is 5.59. The number of hydrogen-bond donors (Lipinski definition) is 1. The van der Waals surface area contributed by atoms with Crippen LogP contribution in [0.3, 0.4) is 0 Å². The van der Waals surface area contributed by atoms with E-state index in [4.69, 9.17) is 11.6 Å². The molecule has 2 aromatic carbocycles. The fraction of sp³-hybridized carbons (Fsp3) is 0.250. The van der Waals surface area contributed by atoms with Gasteiger partial charge >= 0.3 is 6.18 Å². The molecule has 0 unspecified atom stereocenters. The van der Waals surface area contributed by atoms with Gasteiger partial charge in [0.05, 0.1) is 5.56 Å². The molecule has 0 saturated heterocycles. The van der Waals surface area contributed by atoms with Gasteiger partial charge in [0.15, 0.2) is 0 Å². The van der Waals surface area contributed by atoms with Crippen molar-refractivity contribution in [2.24, 2.45) is 0 Å². The molecule has 0 radical (unpaired) electrons. The lowest BCUT2D eigenvalue weighted by Gasteiger charge is -2.16. The van der Waals surface area contributed by atoms with Gasteiger partial charge in [-0.15, -0.1) is 0 Å². The molecule has 0 aliphatic carbocycles. The maximum Gasteiger partial charge on any atom is 0.418 e. The van der Waals surface area contributed by atoms with Crippen LogP contribution in [0, 0.1) is 13.8 Å². The number of aryl methyl sites for hydroxylation is 1. The molecule has 1 nitrogen and oxygen atoms in total. The molecule has 112 valence electrons. The molecule has 0 saturated carbocycles. The lowest BCUT2D eigenvalue weighted by atomic mass is 10.0. The van der Waals surface area contributed by atoms with Gasteiger partial charge in [0.25, 0.3) is 0 Å². The Bertz CT molecular complexity index is 650. The van der Waals surface area contributed by atoms with Gasteiger partial charge in [-0.3, -0.25) is 0 Å². The molecule has 0 spiro atoms. The lowest BCUT2D eigenvalue weighted by Crippen LogP contribution is -2.11. The van der Waals surface area contributed by atoms with Crippen molar-refractivity contribution in [3.05, 3.63) is 63.7 Å². The molecule has 0 fully saturated rings. The summed E-state index contributed by atoms with van der Waals surface area (Å²) in [6.07, 6.45) is -4.44. The van der Waals surface area contributed by atoms with E-state index in [1.54, 1.807) is 0 Å². The molecule has 0 atom stereocenters. The molecule has 0 aliphatic rings. The van der Waals surface area contributed by atoms with Gasteiger partial charge in [-0.25, -0.2) is 0 Å². The van der Waals surface area contributed by atoms with E-state index in [1.165, 1.54) is 12.1 Å². The number of benzene rings is 2. The first-order chi connectivity index (χ1) is 9.79. The van der Waals surface area contributed by atoms with Crippen LogP contribution in [0.1, 0.15) is 22.3 Å². The van der Waals surface area contributed by atoms with Crippen LogP contribution in [0.5, 0.6) is 0 Å². The summed E-state index contributed by atoms with van der Waals surface area (Å²) in [6, 6.07) is 9.51. The maximum absolute atomic E-state index is 13.0. The maximum atomic E-state index is 13.0. The van der Waals surface area contributed by atoms with Crippen molar-refractivity contribution in [1.29, 1.82) is 0 Å². The topological polar surface area (TPSA) is 12.0 Å². The lowest BCUT2D eigenvalue weighted by molar-refractivity contribution is -0.136. The Labute approximate surface area is 126 Å². The Kier molecular flexibility index (Phi) is 4.47. The smallest absolute Gasteiger partial charge is 0.380 e. The van der Waals surface area contributed by atoms with Crippen molar-refractivity contribution in [3.8, 4) is 0 Å². The highest BCUT2D eigenvalue weighted by molar-refractivity contribution is 6.30. The number of halogens is 4. The monoisotopic (exact) mass is 313 g/mol. The molecule has 2 aromatic rings. The molecule has 0 amide bonds. The van der Waals surface area contributed by atoms with Crippen molar-refractivity contribution in [2.45, 2.75) is 26.6 Å². The van der Waals surface area contributed by atoms with Crippen LogP contribution in [0.15, 0.2) is 36.4 Å². The van der Waals surface area contributed by atoms with E-state index in [-0.39, 0.29) is 10.7 Å². The second-order valence-corrected chi connectivity index (χ2v) is 5.34. The van der Waals surface area contributed by atoms with Crippen LogP contribution in [0.25, 0.3) is 0 Å². The van der Waals surface area contributed by atoms with Gasteiger partial charge < -0.3 is 5.32 Å². The van der Waals surface area contributed by atoms with Crippen molar-refractivity contribution in [3.63, 3.8) is 0 Å². The predicted molar refractivity (Wildman–Crippen MR) is 79.7 cm³/mol.